The Morgan fingerprint density at radius 3 is 1.28 bits per heavy atom. The average Bonchev–Trinajstić information content (AvgIpc) is 3.34. The van der Waals surface area contributed by atoms with E-state index in [1.807, 2.05) is 0 Å². The molecular weight excluding hydrogens is 853 g/mol. The minimum Gasteiger partial charge on any atom is -0.457 e. The third-order valence-corrected chi connectivity index (χ3v) is 13.6. The Morgan fingerprint density at radius 2 is 0.853 bits per heavy atom. The smallest absolute Gasteiger partial charge is 0.306 e. The van der Waals surface area contributed by atoms with Crippen molar-refractivity contribution in [3.05, 3.63) is 36.5 Å². The zero-order valence-corrected chi connectivity index (χ0v) is 44.4. The third kappa shape index (κ3) is 40.1. The predicted molar refractivity (Wildman–Crippen MR) is 284 cm³/mol. The fraction of sp³-hybridized carbons (Fsp3) is 0.881. The van der Waals surface area contributed by atoms with Gasteiger partial charge in [0.1, 0.15) is 30.5 Å². The molecule has 4 N–H and O–H groups in total. The highest BCUT2D eigenvalue weighted by molar-refractivity contribution is 5.69. The molecule has 1 aliphatic rings. The molecular formula is C59H110O9. The lowest BCUT2D eigenvalue weighted by atomic mass is 9.99. The van der Waals surface area contributed by atoms with E-state index in [2.05, 4.69) is 50.3 Å². The molecule has 0 aromatic carbocycles. The van der Waals surface area contributed by atoms with Gasteiger partial charge in [0, 0.05) is 13.0 Å². The van der Waals surface area contributed by atoms with E-state index in [4.69, 9.17) is 18.9 Å². The summed E-state index contributed by atoms with van der Waals surface area (Å²) in [5, 5.41) is 40.3. The van der Waals surface area contributed by atoms with Crippen LogP contribution in [0.25, 0.3) is 0 Å². The van der Waals surface area contributed by atoms with Gasteiger partial charge in [-0.25, -0.2) is 0 Å². The van der Waals surface area contributed by atoms with E-state index < -0.39 is 43.4 Å². The summed E-state index contributed by atoms with van der Waals surface area (Å²) in [4.78, 5) is 12.9. The van der Waals surface area contributed by atoms with Crippen LogP contribution >= 0.6 is 0 Å². The number of carbonyl (C=O) groups excluding carboxylic acids is 1. The number of aliphatic hydroxyl groups is 4. The minimum absolute atomic E-state index is 0.111. The largest absolute Gasteiger partial charge is 0.457 e. The first-order chi connectivity index (χ1) is 33.4. The molecule has 0 radical (unpaired) electrons. The number of unbranched alkanes of at least 4 members (excludes halogenated alkanes) is 34. The van der Waals surface area contributed by atoms with Crippen LogP contribution < -0.4 is 0 Å². The van der Waals surface area contributed by atoms with Gasteiger partial charge in [-0.15, -0.1) is 0 Å². The molecule has 9 heteroatoms. The van der Waals surface area contributed by atoms with Crippen molar-refractivity contribution >= 4 is 5.97 Å². The number of hydrogen-bond acceptors (Lipinski definition) is 9. The quantitative estimate of drug-likeness (QED) is 0.0267. The van der Waals surface area contributed by atoms with Gasteiger partial charge in [-0.3, -0.25) is 4.79 Å². The lowest BCUT2D eigenvalue weighted by molar-refractivity contribution is -0.305. The highest BCUT2D eigenvalue weighted by atomic mass is 16.7. The van der Waals surface area contributed by atoms with Crippen LogP contribution in [0.15, 0.2) is 36.5 Å². The maximum absolute atomic E-state index is 12.9. The fourth-order valence-corrected chi connectivity index (χ4v) is 9.03. The number of hydrogen-bond donors (Lipinski definition) is 4. The summed E-state index contributed by atoms with van der Waals surface area (Å²) < 4.78 is 23.0. The number of rotatable bonds is 51. The summed E-state index contributed by atoms with van der Waals surface area (Å²) >= 11 is 0. The van der Waals surface area contributed by atoms with Gasteiger partial charge in [-0.05, 0) is 51.4 Å². The highest BCUT2D eigenvalue weighted by Crippen LogP contribution is 2.23. The molecule has 0 spiro atoms. The first-order valence-electron chi connectivity index (χ1n) is 29.1. The Morgan fingerprint density at radius 1 is 0.471 bits per heavy atom. The molecule has 1 heterocycles. The third-order valence-electron chi connectivity index (χ3n) is 13.6. The fourth-order valence-electron chi connectivity index (χ4n) is 9.03. The summed E-state index contributed by atoms with van der Waals surface area (Å²) in [6.45, 7) is 4.59. The first kappa shape index (κ1) is 64.4. The molecule has 0 aliphatic carbocycles. The Hall–Kier alpha value is -1.59. The second kappa shape index (κ2) is 50.4. The van der Waals surface area contributed by atoms with Gasteiger partial charge in [-0.1, -0.05) is 249 Å². The van der Waals surface area contributed by atoms with Crippen LogP contribution in [0.2, 0.25) is 0 Å². The van der Waals surface area contributed by atoms with Gasteiger partial charge in [0.25, 0.3) is 0 Å². The van der Waals surface area contributed by atoms with Crippen molar-refractivity contribution < 1.29 is 44.2 Å². The Balaban J connectivity index is 2.14. The number of allylic oxidation sites excluding steroid dienone is 6. The molecule has 0 bridgehead atoms. The lowest BCUT2D eigenvalue weighted by Gasteiger charge is -2.39. The molecule has 400 valence electrons. The molecule has 6 atom stereocenters. The van der Waals surface area contributed by atoms with E-state index in [0.717, 1.165) is 44.9 Å². The van der Waals surface area contributed by atoms with Crippen LogP contribution in [0.1, 0.15) is 271 Å². The summed E-state index contributed by atoms with van der Waals surface area (Å²) in [7, 11) is 0. The summed E-state index contributed by atoms with van der Waals surface area (Å²) in [5.74, 6) is -0.309. The second-order valence-electron chi connectivity index (χ2n) is 20.1. The molecule has 1 fully saturated rings. The van der Waals surface area contributed by atoms with Crippen molar-refractivity contribution in [1.29, 1.82) is 0 Å². The molecule has 1 aliphatic heterocycles. The second-order valence-corrected chi connectivity index (χ2v) is 20.1. The number of aliphatic hydroxyl groups excluding tert-OH is 4. The van der Waals surface area contributed by atoms with Gasteiger partial charge in [-0.2, -0.15) is 0 Å². The van der Waals surface area contributed by atoms with Crippen molar-refractivity contribution in [1.82, 2.24) is 0 Å². The first-order valence-corrected chi connectivity index (χ1v) is 29.1. The molecule has 1 rings (SSSR count). The van der Waals surface area contributed by atoms with Crippen molar-refractivity contribution in [2.45, 2.75) is 307 Å². The molecule has 6 unspecified atom stereocenters. The summed E-state index contributed by atoms with van der Waals surface area (Å²) in [6, 6.07) is 0. The van der Waals surface area contributed by atoms with E-state index in [1.54, 1.807) is 0 Å². The van der Waals surface area contributed by atoms with E-state index in [1.165, 1.54) is 205 Å². The van der Waals surface area contributed by atoms with E-state index in [-0.39, 0.29) is 19.2 Å². The van der Waals surface area contributed by atoms with Crippen LogP contribution in [0.3, 0.4) is 0 Å². The van der Waals surface area contributed by atoms with Gasteiger partial charge in [0.2, 0.25) is 0 Å². The van der Waals surface area contributed by atoms with Crippen molar-refractivity contribution in [2.75, 3.05) is 26.4 Å². The summed E-state index contributed by atoms with van der Waals surface area (Å²) in [5.41, 5.74) is 0. The molecule has 0 aromatic heterocycles. The van der Waals surface area contributed by atoms with E-state index >= 15 is 0 Å². The van der Waals surface area contributed by atoms with Crippen molar-refractivity contribution in [3.8, 4) is 0 Å². The molecule has 1 saturated heterocycles. The normalized spacial score (nSPS) is 19.3. The van der Waals surface area contributed by atoms with Gasteiger partial charge >= 0.3 is 5.97 Å². The number of carbonyl (C=O) groups is 1. The van der Waals surface area contributed by atoms with Crippen LogP contribution in [0.5, 0.6) is 0 Å². The molecule has 0 saturated carbocycles. The highest BCUT2D eigenvalue weighted by Gasteiger charge is 2.44. The topological polar surface area (TPSA) is 135 Å². The van der Waals surface area contributed by atoms with Crippen LogP contribution in [0, 0.1) is 0 Å². The summed E-state index contributed by atoms with van der Waals surface area (Å²) in [6.07, 6.45) is 56.2. The minimum atomic E-state index is -1.54. The van der Waals surface area contributed by atoms with E-state index in [0.29, 0.717) is 13.0 Å². The maximum Gasteiger partial charge on any atom is 0.306 e. The maximum atomic E-state index is 12.9. The van der Waals surface area contributed by atoms with Crippen molar-refractivity contribution in [3.63, 3.8) is 0 Å². The molecule has 0 amide bonds. The molecule has 9 nitrogen and oxygen atoms in total. The van der Waals surface area contributed by atoms with Gasteiger partial charge in [0.15, 0.2) is 6.29 Å². The zero-order chi connectivity index (χ0) is 49.2. The van der Waals surface area contributed by atoms with Crippen LogP contribution in [-0.2, 0) is 23.7 Å². The monoisotopic (exact) mass is 963 g/mol. The van der Waals surface area contributed by atoms with Gasteiger partial charge in [0.05, 0.1) is 19.8 Å². The molecule has 0 aromatic rings. The SMILES string of the molecule is CCCCCCC/C=C\C/C=C\C/C=C\CCCCCCCCCCCCCOCC(COC1OC(CO)C(O)C(O)C1O)OC(=O)CCCCCCCCCCCCCCCCCCCCC. The predicted octanol–water partition coefficient (Wildman–Crippen LogP) is 15.0. The van der Waals surface area contributed by atoms with E-state index in [9.17, 15) is 25.2 Å². The average molecular weight is 964 g/mol. The lowest BCUT2D eigenvalue weighted by Crippen LogP contribution is -2.59. The van der Waals surface area contributed by atoms with Crippen LogP contribution in [-0.4, -0.2) is 89.6 Å². The Bertz CT molecular complexity index is 1140. The molecule has 68 heavy (non-hydrogen) atoms. The Kier molecular flexibility index (Phi) is 47.7. The van der Waals surface area contributed by atoms with Crippen LogP contribution in [0.4, 0.5) is 0 Å². The number of ether oxygens (including phenoxy) is 4. The zero-order valence-electron chi connectivity index (χ0n) is 44.4. The van der Waals surface area contributed by atoms with Crippen molar-refractivity contribution in [2.24, 2.45) is 0 Å². The Labute approximate surface area is 419 Å². The van der Waals surface area contributed by atoms with Gasteiger partial charge < -0.3 is 39.4 Å². The standard InChI is InChI=1S/C59H110O9/c1-3-5-7-9-11-13-15-17-19-21-23-24-25-26-27-28-29-31-33-35-37-39-41-43-45-47-49-65-51-53(52-66-59-58(64)57(63)56(62)54(50-60)68-59)67-55(61)48-46-44-42-40-38-36-34-32-30-22-20-18-16-14-12-10-8-6-4-2/h15,17,21,23,25-26,53-54,56-60,62-64H,3-14,16,18-20,22,24,27-52H2,1-2H3/b17-15-,23-21-,26-25-. The number of esters is 1.